The van der Waals surface area contributed by atoms with Crippen LogP contribution in [0, 0.1) is 0 Å². The van der Waals surface area contributed by atoms with Crippen LogP contribution in [0.4, 0.5) is 0 Å². The van der Waals surface area contributed by atoms with Crippen molar-refractivity contribution in [1.29, 1.82) is 0 Å². The maximum atomic E-state index is 12.5. The van der Waals surface area contributed by atoms with E-state index in [0.29, 0.717) is 19.3 Å². The van der Waals surface area contributed by atoms with Crippen molar-refractivity contribution in [2.75, 3.05) is 41.0 Å². The number of nitrogens with zero attached hydrogens (tertiary/aromatic N) is 1. The zero-order chi connectivity index (χ0) is 32.2. The minimum Gasteiger partial charge on any atom is -0.477 e. The molecule has 0 aliphatic carbocycles. The van der Waals surface area contributed by atoms with Crippen LogP contribution in [-0.4, -0.2) is 80.6 Å². The van der Waals surface area contributed by atoms with E-state index in [4.69, 9.17) is 14.2 Å². The van der Waals surface area contributed by atoms with Crippen molar-refractivity contribution in [1.82, 2.24) is 0 Å². The summed E-state index contributed by atoms with van der Waals surface area (Å²) >= 11 is 0. The summed E-state index contributed by atoms with van der Waals surface area (Å²) in [5.74, 6) is -1.58. The van der Waals surface area contributed by atoms with Gasteiger partial charge in [-0.05, 0) is 51.4 Å². The average Bonchev–Trinajstić information content (AvgIpc) is 2.94. The minimum atomic E-state index is -0.887. The molecular formula is C35H62NO7+. The number of esters is 2. The van der Waals surface area contributed by atoms with E-state index in [1.165, 1.54) is 32.1 Å². The van der Waals surface area contributed by atoms with E-state index in [1.54, 1.807) is 0 Å². The number of hydrogen-bond donors (Lipinski definition) is 1. The fourth-order valence-electron chi connectivity index (χ4n) is 4.44. The van der Waals surface area contributed by atoms with Gasteiger partial charge in [0.25, 0.3) is 0 Å². The number of quaternary nitrogens is 1. The quantitative estimate of drug-likeness (QED) is 0.0423. The number of likely N-dealkylation sites (N-methyl/N-ethyl adjacent to an activating group) is 1. The fraction of sp³-hybridized carbons (Fsp3) is 0.743. The van der Waals surface area contributed by atoms with Crippen LogP contribution in [0.25, 0.3) is 0 Å². The molecule has 0 aliphatic rings. The van der Waals surface area contributed by atoms with Crippen molar-refractivity contribution in [2.45, 2.75) is 129 Å². The van der Waals surface area contributed by atoms with Crippen molar-refractivity contribution in [3.05, 3.63) is 36.5 Å². The summed E-state index contributed by atoms with van der Waals surface area (Å²) in [6.07, 6.45) is 26.5. The van der Waals surface area contributed by atoms with Gasteiger partial charge in [0, 0.05) is 19.3 Å². The maximum absolute atomic E-state index is 12.5. The predicted molar refractivity (Wildman–Crippen MR) is 174 cm³/mol. The lowest BCUT2D eigenvalue weighted by atomic mass is 10.1. The SMILES string of the molecule is CC/C=C/C/C=C/CCC(=O)OCC(COCCC(C(=O)O)[N+](C)(C)C)OC(=O)CCCCCCC/C=C/CCCCC. The molecule has 0 aliphatic heterocycles. The van der Waals surface area contributed by atoms with E-state index in [-0.39, 0.29) is 42.7 Å². The standard InChI is InChI=1S/C35H61NO7/c1-6-8-10-12-14-15-16-17-18-20-22-24-26-34(38)43-31(29-41-28-27-32(35(39)40)36(3,4)5)30-42-33(37)25-23-21-19-13-11-9-7-2/h9,11,14-15,19,21,31-32H,6-8,10,12-13,16-18,20,22-30H2,1-5H3/p+1/b11-9+,15-14+,21-19+. The first-order chi connectivity index (χ1) is 20.6. The van der Waals surface area contributed by atoms with E-state index in [0.717, 1.165) is 44.9 Å². The molecule has 248 valence electrons. The molecule has 0 saturated heterocycles. The number of aliphatic carboxylic acids is 1. The molecule has 0 aromatic carbocycles. The molecule has 0 amide bonds. The number of rotatable bonds is 28. The normalized spacial score (nSPS) is 13.6. The third-order valence-electron chi connectivity index (χ3n) is 7.04. The number of carboxylic acids is 1. The van der Waals surface area contributed by atoms with Crippen LogP contribution in [0.3, 0.4) is 0 Å². The molecule has 1 N–H and O–H groups in total. The van der Waals surface area contributed by atoms with Gasteiger partial charge in [-0.3, -0.25) is 9.59 Å². The zero-order valence-corrected chi connectivity index (χ0v) is 27.9. The second-order valence-electron chi connectivity index (χ2n) is 12.0. The Morgan fingerprint density at radius 2 is 1.35 bits per heavy atom. The summed E-state index contributed by atoms with van der Waals surface area (Å²) in [5, 5.41) is 9.53. The summed E-state index contributed by atoms with van der Waals surface area (Å²) in [6, 6.07) is -0.619. The third-order valence-corrected chi connectivity index (χ3v) is 7.04. The Labute approximate surface area is 262 Å². The Hall–Kier alpha value is -2.45. The Balaban J connectivity index is 4.54. The van der Waals surface area contributed by atoms with Gasteiger partial charge in [-0.1, -0.05) is 82.4 Å². The number of allylic oxidation sites excluding steroid dienone is 6. The van der Waals surface area contributed by atoms with Crippen LogP contribution < -0.4 is 0 Å². The van der Waals surface area contributed by atoms with Crippen molar-refractivity contribution < 1.29 is 38.2 Å². The molecule has 0 rings (SSSR count). The summed E-state index contributed by atoms with van der Waals surface area (Å²) in [7, 11) is 5.48. The van der Waals surface area contributed by atoms with Crippen LogP contribution in [0.1, 0.15) is 117 Å². The van der Waals surface area contributed by atoms with Gasteiger partial charge in [0.1, 0.15) is 6.61 Å². The highest BCUT2D eigenvalue weighted by Gasteiger charge is 2.31. The van der Waals surface area contributed by atoms with Gasteiger partial charge in [0.15, 0.2) is 12.1 Å². The molecule has 0 radical (unpaired) electrons. The number of carboxylic acid groups (broad SMARTS) is 1. The van der Waals surface area contributed by atoms with E-state index in [1.807, 2.05) is 33.3 Å². The Morgan fingerprint density at radius 1 is 0.721 bits per heavy atom. The molecule has 0 heterocycles. The molecule has 2 atom stereocenters. The minimum absolute atomic E-state index is 0.0398. The lowest BCUT2D eigenvalue weighted by Crippen LogP contribution is -2.50. The number of ether oxygens (including phenoxy) is 3. The van der Waals surface area contributed by atoms with Gasteiger partial charge in [-0.15, -0.1) is 0 Å². The zero-order valence-electron chi connectivity index (χ0n) is 27.9. The van der Waals surface area contributed by atoms with Crippen LogP contribution in [0.15, 0.2) is 36.5 Å². The molecule has 0 aromatic heterocycles. The second-order valence-corrected chi connectivity index (χ2v) is 12.0. The van der Waals surface area contributed by atoms with E-state index in [2.05, 4.69) is 38.2 Å². The van der Waals surface area contributed by atoms with E-state index in [9.17, 15) is 19.5 Å². The smallest absolute Gasteiger partial charge is 0.362 e. The van der Waals surface area contributed by atoms with Gasteiger partial charge in [-0.2, -0.15) is 0 Å². The molecule has 8 nitrogen and oxygen atoms in total. The Kier molecular flexibility index (Phi) is 25.6. The molecule has 2 unspecified atom stereocenters. The van der Waals surface area contributed by atoms with E-state index >= 15 is 0 Å². The largest absolute Gasteiger partial charge is 0.477 e. The molecule has 43 heavy (non-hydrogen) atoms. The number of carbonyl (C=O) groups is 3. The van der Waals surface area contributed by atoms with Crippen molar-refractivity contribution in [3.8, 4) is 0 Å². The highest BCUT2D eigenvalue weighted by Crippen LogP contribution is 2.12. The molecular weight excluding hydrogens is 546 g/mol. The van der Waals surface area contributed by atoms with Crippen molar-refractivity contribution in [3.63, 3.8) is 0 Å². The number of carbonyl (C=O) groups excluding carboxylic acids is 2. The second kappa shape index (κ2) is 27.1. The van der Waals surface area contributed by atoms with Crippen LogP contribution in [0.5, 0.6) is 0 Å². The Bertz CT molecular complexity index is 813. The van der Waals surface area contributed by atoms with Crippen LogP contribution in [0.2, 0.25) is 0 Å². The topological polar surface area (TPSA) is 99.1 Å². The first kappa shape index (κ1) is 40.5. The average molecular weight is 609 g/mol. The van der Waals surface area contributed by atoms with Gasteiger partial charge in [-0.25, -0.2) is 4.79 Å². The van der Waals surface area contributed by atoms with Crippen molar-refractivity contribution in [2.24, 2.45) is 0 Å². The lowest BCUT2D eigenvalue weighted by Gasteiger charge is -2.31. The highest BCUT2D eigenvalue weighted by atomic mass is 16.6. The number of unbranched alkanes of at least 4 members (excludes halogenated alkanes) is 8. The van der Waals surface area contributed by atoms with Gasteiger partial charge >= 0.3 is 17.9 Å². The monoisotopic (exact) mass is 608 g/mol. The van der Waals surface area contributed by atoms with Gasteiger partial charge in [0.2, 0.25) is 0 Å². The maximum Gasteiger partial charge on any atom is 0.362 e. The van der Waals surface area contributed by atoms with E-state index < -0.39 is 18.1 Å². The fourth-order valence-corrected chi connectivity index (χ4v) is 4.44. The van der Waals surface area contributed by atoms with Crippen LogP contribution in [-0.2, 0) is 28.6 Å². The molecule has 0 bridgehead atoms. The molecule has 0 saturated carbocycles. The molecule has 0 aromatic rings. The molecule has 0 fully saturated rings. The molecule has 0 spiro atoms. The summed E-state index contributed by atoms with van der Waals surface area (Å²) in [5.41, 5.74) is 0. The summed E-state index contributed by atoms with van der Waals surface area (Å²) in [4.78, 5) is 36.4. The molecule has 8 heteroatoms. The number of hydrogen-bond acceptors (Lipinski definition) is 6. The van der Waals surface area contributed by atoms with Crippen molar-refractivity contribution >= 4 is 17.9 Å². The van der Waals surface area contributed by atoms with Gasteiger partial charge < -0.3 is 23.8 Å². The predicted octanol–water partition coefficient (Wildman–Crippen LogP) is 7.57. The Morgan fingerprint density at radius 3 is 2.00 bits per heavy atom. The first-order valence-corrected chi connectivity index (χ1v) is 16.5. The van der Waals surface area contributed by atoms with Crippen LogP contribution >= 0.6 is 0 Å². The van der Waals surface area contributed by atoms with Gasteiger partial charge in [0.05, 0.1) is 34.4 Å². The third kappa shape index (κ3) is 25.7. The lowest BCUT2D eigenvalue weighted by molar-refractivity contribution is -0.887. The summed E-state index contributed by atoms with van der Waals surface area (Å²) in [6.45, 7) is 4.45. The first-order valence-electron chi connectivity index (χ1n) is 16.5. The summed E-state index contributed by atoms with van der Waals surface area (Å²) < 4.78 is 17.0. The highest BCUT2D eigenvalue weighted by molar-refractivity contribution is 5.72.